The monoisotopic (exact) mass is 345 g/mol. The molecule has 4 rings (SSSR count). The normalized spacial score (nSPS) is 11.0. The van der Waals surface area contributed by atoms with Gasteiger partial charge < -0.3 is 9.72 Å². The molecule has 2 aromatic carbocycles. The smallest absolute Gasteiger partial charge is 0.337 e. The van der Waals surface area contributed by atoms with Crippen molar-refractivity contribution in [2.24, 2.45) is 0 Å². The van der Waals surface area contributed by atoms with Crippen LogP contribution in [0.4, 0.5) is 0 Å². The standard InChI is InChI=1S/C20H15N3O3/c1-26-20(25)13-7-9-15-17(10-13)22-18(23-19(15)24)11-14-8-6-12-4-2-3-5-16(12)21-14/h2-10H,11H2,1H3,(H,22,23,24). The first-order valence-corrected chi connectivity index (χ1v) is 8.10. The van der Waals surface area contributed by atoms with Gasteiger partial charge in [-0.1, -0.05) is 24.3 Å². The number of rotatable bonds is 3. The highest BCUT2D eigenvalue weighted by atomic mass is 16.5. The predicted molar refractivity (Wildman–Crippen MR) is 98.3 cm³/mol. The van der Waals surface area contributed by atoms with E-state index in [1.54, 1.807) is 18.2 Å². The molecule has 0 aliphatic rings. The van der Waals surface area contributed by atoms with E-state index in [1.165, 1.54) is 7.11 Å². The van der Waals surface area contributed by atoms with Crippen molar-refractivity contribution in [3.63, 3.8) is 0 Å². The summed E-state index contributed by atoms with van der Waals surface area (Å²) < 4.78 is 4.72. The van der Waals surface area contributed by atoms with Crippen LogP contribution in [0.15, 0.2) is 59.4 Å². The van der Waals surface area contributed by atoms with Crippen molar-refractivity contribution < 1.29 is 9.53 Å². The summed E-state index contributed by atoms with van der Waals surface area (Å²) >= 11 is 0. The van der Waals surface area contributed by atoms with Gasteiger partial charge >= 0.3 is 5.97 Å². The van der Waals surface area contributed by atoms with Crippen LogP contribution >= 0.6 is 0 Å². The minimum atomic E-state index is -0.466. The van der Waals surface area contributed by atoms with Gasteiger partial charge in [-0.2, -0.15) is 0 Å². The number of benzene rings is 2. The molecule has 0 amide bonds. The number of nitrogens with one attached hydrogen (secondary N) is 1. The zero-order valence-corrected chi connectivity index (χ0v) is 14.0. The molecule has 128 valence electrons. The number of para-hydroxylation sites is 1. The molecule has 0 radical (unpaired) electrons. The van der Waals surface area contributed by atoms with Crippen LogP contribution in [0.3, 0.4) is 0 Å². The summed E-state index contributed by atoms with van der Waals surface area (Å²) in [5.41, 5.74) is 2.25. The SMILES string of the molecule is COC(=O)c1ccc2c(=O)[nH]c(Cc3ccc4ccccc4n3)nc2c1. The number of hydrogen-bond acceptors (Lipinski definition) is 5. The van der Waals surface area contributed by atoms with Gasteiger partial charge in [0.2, 0.25) is 0 Å². The van der Waals surface area contributed by atoms with E-state index >= 15 is 0 Å². The molecule has 0 atom stereocenters. The summed E-state index contributed by atoms with van der Waals surface area (Å²) in [6.07, 6.45) is 0.387. The van der Waals surface area contributed by atoms with Crippen molar-refractivity contribution in [1.29, 1.82) is 0 Å². The molecular weight excluding hydrogens is 330 g/mol. The first-order chi connectivity index (χ1) is 12.6. The molecule has 0 aliphatic heterocycles. The molecule has 1 N–H and O–H groups in total. The fraction of sp³-hybridized carbons (Fsp3) is 0.100. The van der Waals surface area contributed by atoms with Crippen molar-refractivity contribution in [3.05, 3.63) is 82.0 Å². The first kappa shape index (κ1) is 16.0. The Kier molecular flexibility index (Phi) is 3.93. The maximum atomic E-state index is 12.3. The molecule has 4 aromatic rings. The van der Waals surface area contributed by atoms with Gasteiger partial charge in [0.1, 0.15) is 5.82 Å². The lowest BCUT2D eigenvalue weighted by Crippen LogP contribution is -2.13. The van der Waals surface area contributed by atoms with E-state index in [-0.39, 0.29) is 5.56 Å². The largest absolute Gasteiger partial charge is 0.465 e. The molecule has 2 aromatic heterocycles. The Hall–Kier alpha value is -3.54. The van der Waals surface area contributed by atoms with Crippen LogP contribution in [0.25, 0.3) is 21.8 Å². The van der Waals surface area contributed by atoms with Gasteiger partial charge in [-0.15, -0.1) is 0 Å². The van der Waals surface area contributed by atoms with E-state index in [2.05, 4.69) is 15.0 Å². The summed E-state index contributed by atoms with van der Waals surface area (Å²) in [5.74, 6) is 0.0269. The molecule has 0 fully saturated rings. The number of nitrogens with zero attached hydrogens (tertiary/aromatic N) is 2. The predicted octanol–water partition coefficient (Wildman–Crippen LogP) is 2.85. The van der Waals surface area contributed by atoms with Crippen LogP contribution in [-0.2, 0) is 11.2 Å². The van der Waals surface area contributed by atoms with E-state index in [0.29, 0.717) is 28.7 Å². The van der Waals surface area contributed by atoms with E-state index < -0.39 is 5.97 Å². The van der Waals surface area contributed by atoms with Gasteiger partial charge in [0.05, 0.1) is 29.1 Å². The highest BCUT2D eigenvalue weighted by Crippen LogP contribution is 2.15. The van der Waals surface area contributed by atoms with Crippen molar-refractivity contribution in [3.8, 4) is 0 Å². The summed E-state index contributed by atoms with van der Waals surface area (Å²) in [6.45, 7) is 0. The number of aromatic amines is 1. The molecule has 0 unspecified atom stereocenters. The van der Waals surface area contributed by atoms with Crippen LogP contribution in [0.2, 0.25) is 0 Å². The Morgan fingerprint density at radius 2 is 1.88 bits per heavy atom. The number of H-pyrrole nitrogens is 1. The Labute approximate surface area is 148 Å². The lowest BCUT2D eigenvalue weighted by Gasteiger charge is -2.05. The van der Waals surface area contributed by atoms with Crippen LogP contribution in [-0.4, -0.2) is 28.0 Å². The van der Waals surface area contributed by atoms with E-state index in [1.807, 2.05) is 36.4 Å². The van der Waals surface area contributed by atoms with Gasteiger partial charge in [-0.25, -0.2) is 9.78 Å². The fourth-order valence-corrected chi connectivity index (χ4v) is 2.89. The quantitative estimate of drug-likeness (QED) is 0.577. The summed E-state index contributed by atoms with van der Waals surface area (Å²) in [4.78, 5) is 35.9. The lowest BCUT2D eigenvalue weighted by atomic mass is 10.1. The lowest BCUT2D eigenvalue weighted by molar-refractivity contribution is 0.0601. The molecule has 6 nitrogen and oxygen atoms in total. The van der Waals surface area contributed by atoms with Crippen LogP contribution in [0.1, 0.15) is 21.9 Å². The van der Waals surface area contributed by atoms with Gasteiger partial charge in [0, 0.05) is 17.5 Å². The number of fused-ring (bicyclic) bond motifs is 2. The molecule has 0 bridgehead atoms. The molecule has 0 saturated carbocycles. The summed E-state index contributed by atoms with van der Waals surface area (Å²) in [6, 6.07) is 16.4. The van der Waals surface area contributed by atoms with Gasteiger partial charge in [0.25, 0.3) is 5.56 Å². The Morgan fingerprint density at radius 3 is 2.73 bits per heavy atom. The van der Waals surface area contributed by atoms with Crippen molar-refractivity contribution in [2.45, 2.75) is 6.42 Å². The summed E-state index contributed by atoms with van der Waals surface area (Å²) in [7, 11) is 1.31. The zero-order valence-electron chi connectivity index (χ0n) is 14.0. The van der Waals surface area contributed by atoms with Crippen LogP contribution < -0.4 is 5.56 Å². The van der Waals surface area contributed by atoms with Crippen molar-refractivity contribution >= 4 is 27.8 Å². The first-order valence-electron chi connectivity index (χ1n) is 8.10. The number of carbonyl (C=O) groups excluding carboxylic acids is 1. The molecule has 0 aliphatic carbocycles. The third-order valence-corrected chi connectivity index (χ3v) is 4.18. The summed E-state index contributed by atoms with van der Waals surface area (Å²) in [5, 5.41) is 1.48. The highest BCUT2D eigenvalue weighted by molar-refractivity contribution is 5.94. The van der Waals surface area contributed by atoms with Crippen molar-refractivity contribution in [2.75, 3.05) is 7.11 Å². The Balaban J connectivity index is 1.75. The third-order valence-electron chi connectivity index (χ3n) is 4.18. The average molecular weight is 345 g/mol. The van der Waals surface area contributed by atoms with E-state index in [0.717, 1.165) is 16.6 Å². The van der Waals surface area contributed by atoms with Gasteiger partial charge in [-0.3, -0.25) is 9.78 Å². The number of hydrogen-bond donors (Lipinski definition) is 1. The third kappa shape index (κ3) is 2.93. The topological polar surface area (TPSA) is 84.9 Å². The maximum absolute atomic E-state index is 12.3. The fourth-order valence-electron chi connectivity index (χ4n) is 2.89. The van der Waals surface area contributed by atoms with Gasteiger partial charge in [-0.05, 0) is 30.3 Å². The highest BCUT2D eigenvalue weighted by Gasteiger charge is 2.10. The van der Waals surface area contributed by atoms with E-state index in [9.17, 15) is 9.59 Å². The zero-order chi connectivity index (χ0) is 18.1. The number of methoxy groups -OCH3 is 1. The molecule has 0 spiro atoms. The minimum absolute atomic E-state index is 0.248. The Bertz CT molecular complexity index is 1200. The average Bonchev–Trinajstić information content (AvgIpc) is 2.67. The minimum Gasteiger partial charge on any atom is -0.465 e. The van der Waals surface area contributed by atoms with Crippen LogP contribution in [0, 0.1) is 0 Å². The number of pyridine rings is 1. The second-order valence-electron chi connectivity index (χ2n) is 5.91. The van der Waals surface area contributed by atoms with Crippen LogP contribution in [0.5, 0.6) is 0 Å². The second-order valence-corrected chi connectivity index (χ2v) is 5.91. The molecule has 26 heavy (non-hydrogen) atoms. The van der Waals surface area contributed by atoms with Gasteiger partial charge in [0.15, 0.2) is 0 Å². The maximum Gasteiger partial charge on any atom is 0.337 e. The number of carbonyl (C=O) groups is 1. The molecular formula is C20H15N3O3. The number of esters is 1. The second kappa shape index (κ2) is 6.40. The number of ether oxygens (including phenoxy) is 1. The van der Waals surface area contributed by atoms with Crippen molar-refractivity contribution in [1.82, 2.24) is 15.0 Å². The number of aromatic nitrogens is 3. The van der Waals surface area contributed by atoms with E-state index in [4.69, 9.17) is 4.74 Å². The molecule has 0 saturated heterocycles. The molecule has 2 heterocycles. The molecule has 6 heteroatoms. The Morgan fingerprint density at radius 1 is 1.04 bits per heavy atom.